The van der Waals surface area contributed by atoms with Crippen LogP contribution in [0.15, 0.2) is 60.7 Å². The molecule has 0 aliphatic heterocycles. The number of hydrogen-bond acceptors (Lipinski definition) is 1. The molecule has 0 heterocycles. The minimum Gasteiger partial charge on any atom is -0.352 e. The fourth-order valence-corrected chi connectivity index (χ4v) is 2.83. The number of benzene rings is 2. The van der Waals surface area contributed by atoms with E-state index in [4.69, 9.17) is 0 Å². The Bertz CT molecular complexity index is 635. The van der Waals surface area contributed by atoms with E-state index in [1.807, 2.05) is 60.7 Å². The summed E-state index contributed by atoms with van der Waals surface area (Å²) < 4.78 is 0.813. The molecule has 22 heavy (non-hydrogen) atoms. The summed E-state index contributed by atoms with van der Waals surface area (Å²) in [4.78, 5) is 12.6. The number of halogens is 1. The second kappa shape index (κ2) is 8.54. The van der Waals surface area contributed by atoms with Gasteiger partial charge >= 0.3 is 0 Å². The molecule has 0 bridgehead atoms. The van der Waals surface area contributed by atoms with E-state index in [0.717, 1.165) is 28.5 Å². The minimum absolute atomic E-state index is 0.0459. The first-order valence-electron chi connectivity index (χ1n) is 7.53. The van der Waals surface area contributed by atoms with Gasteiger partial charge in [-0.3, -0.25) is 4.79 Å². The molecule has 114 valence electrons. The highest BCUT2D eigenvalue weighted by molar-refractivity contribution is 9.15. The van der Waals surface area contributed by atoms with Gasteiger partial charge in [-0.25, -0.2) is 0 Å². The number of carbonyl (C=O) groups excluding carboxylic acids is 1. The van der Waals surface area contributed by atoms with E-state index in [1.165, 1.54) is 0 Å². The van der Waals surface area contributed by atoms with Crippen LogP contribution in [0.3, 0.4) is 0 Å². The predicted octanol–water partition coefficient (Wildman–Crippen LogP) is 4.87. The predicted molar refractivity (Wildman–Crippen MR) is 96.5 cm³/mol. The standard InChI is InChI=1S/C19H20BrNO/c1-2-3-14-21-19(22)17(15-10-6-4-7-11-15)18(20)16-12-8-5-9-13-16/h4-13H,2-3,14H2,1H3,(H,21,22)/b18-17-. The molecule has 0 spiro atoms. The Morgan fingerprint density at radius 1 is 0.955 bits per heavy atom. The van der Waals surface area contributed by atoms with Gasteiger partial charge in [0.1, 0.15) is 0 Å². The maximum Gasteiger partial charge on any atom is 0.253 e. The number of unbranched alkanes of at least 4 members (excludes halogenated alkanes) is 1. The monoisotopic (exact) mass is 357 g/mol. The number of hydrogen-bond donors (Lipinski definition) is 1. The number of nitrogens with one attached hydrogen (secondary N) is 1. The van der Waals surface area contributed by atoms with Gasteiger partial charge in [-0.2, -0.15) is 0 Å². The zero-order chi connectivity index (χ0) is 15.8. The van der Waals surface area contributed by atoms with Crippen LogP contribution in [0.2, 0.25) is 0 Å². The van der Waals surface area contributed by atoms with Gasteiger partial charge in [0, 0.05) is 11.0 Å². The van der Waals surface area contributed by atoms with Crippen molar-refractivity contribution in [1.82, 2.24) is 5.32 Å². The molecule has 3 heteroatoms. The maximum atomic E-state index is 12.6. The molecule has 1 amide bonds. The molecule has 0 aromatic heterocycles. The van der Waals surface area contributed by atoms with E-state index in [-0.39, 0.29) is 5.91 Å². The fourth-order valence-electron chi connectivity index (χ4n) is 2.16. The van der Waals surface area contributed by atoms with Gasteiger partial charge in [0.05, 0.1) is 5.57 Å². The molecule has 1 N–H and O–H groups in total. The molecule has 0 unspecified atom stereocenters. The van der Waals surface area contributed by atoms with Crippen LogP contribution in [0.5, 0.6) is 0 Å². The molecule has 2 rings (SSSR count). The largest absolute Gasteiger partial charge is 0.352 e. The Balaban J connectivity index is 2.40. The molecule has 2 nitrogen and oxygen atoms in total. The molecule has 0 aliphatic rings. The lowest BCUT2D eigenvalue weighted by atomic mass is 10.0. The number of rotatable bonds is 6. The van der Waals surface area contributed by atoms with Crippen molar-refractivity contribution in [2.75, 3.05) is 6.54 Å². The fraction of sp³-hybridized carbons (Fsp3) is 0.211. The van der Waals surface area contributed by atoms with Crippen molar-refractivity contribution in [2.24, 2.45) is 0 Å². The highest BCUT2D eigenvalue weighted by Gasteiger charge is 2.16. The first kappa shape index (κ1) is 16.5. The van der Waals surface area contributed by atoms with Gasteiger partial charge < -0.3 is 5.32 Å². The second-order valence-electron chi connectivity index (χ2n) is 5.03. The Hall–Kier alpha value is -1.87. The van der Waals surface area contributed by atoms with Gasteiger partial charge in [0.25, 0.3) is 5.91 Å². The molecule has 0 aliphatic carbocycles. The van der Waals surface area contributed by atoms with E-state index in [2.05, 4.69) is 28.2 Å². The zero-order valence-electron chi connectivity index (χ0n) is 12.7. The van der Waals surface area contributed by atoms with Crippen molar-refractivity contribution >= 4 is 31.9 Å². The third-order valence-electron chi connectivity index (χ3n) is 3.35. The summed E-state index contributed by atoms with van der Waals surface area (Å²) in [6.45, 7) is 2.81. The lowest BCUT2D eigenvalue weighted by Crippen LogP contribution is -2.25. The second-order valence-corrected chi connectivity index (χ2v) is 5.82. The zero-order valence-corrected chi connectivity index (χ0v) is 14.3. The van der Waals surface area contributed by atoms with Gasteiger partial charge in [0.2, 0.25) is 0 Å². The van der Waals surface area contributed by atoms with Crippen molar-refractivity contribution in [2.45, 2.75) is 19.8 Å². The van der Waals surface area contributed by atoms with Crippen molar-refractivity contribution in [3.8, 4) is 0 Å². The van der Waals surface area contributed by atoms with Crippen LogP contribution in [0.1, 0.15) is 30.9 Å². The lowest BCUT2D eigenvalue weighted by Gasteiger charge is -2.12. The van der Waals surface area contributed by atoms with Gasteiger partial charge in [0.15, 0.2) is 0 Å². The molecular formula is C19H20BrNO. The van der Waals surface area contributed by atoms with Crippen LogP contribution in [-0.4, -0.2) is 12.5 Å². The maximum absolute atomic E-state index is 12.6. The minimum atomic E-state index is -0.0459. The van der Waals surface area contributed by atoms with Crippen LogP contribution in [0.4, 0.5) is 0 Å². The highest BCUT2D eigenvalue weighted by atomic mass is 79.9. The molecule has 0 fully saturated rings. The van der Waals surface area contributed by atoms with Gasteiger partial charge in [-0.05, 0) is 33.5 Å². The third kappa shape index (κ3) is 4.31. The molecule has 0 saturated carbocycles. The Morgan fingerprint density at radius 3 is 2.05 bits per heavy atom. The van der Waals surface area contributed by atoms with E-state index in [1.54, 1.807) is 0 Å². The van der Waals surface area contributed by atoms with Crippen LogP contribution in [0, 0.1) is 0 Å². The van der Waals surface area contributed by atoms with Crippen LogP contribution < -0.4 is 5.32 Å². The third-order valence-corrected chi connectivity index (χ3v) is 4.21. The van der Waals surface area contributed by atoms with Gasteiger partial charge in [-0.15, -0.1) is 0 Å². The molecular weight excluding hydrogens is 338 g/mol. The first-order chi connectivity index (χ1) is 10.7. The Labute approximate surface area is 140 Å². The van der Waals surface area contributed by atoms with Crippen molar-refractivity contribution in [3.05, 3.63) is 71.8 Å². The Kier molecular flexibility index (Phi) is 6.41. The summed E-state index contributed by atoms with van der Waals surface area (Å²) in [5.41, 5.74) is 2.57. The average Bonchev–Trinajstić information content (AvgIpc) is 2.57. The smallest absolute Gasteiger partial charge is 0.253 e. The van der Waals surface area contributed by atoms with Crippen LogP contribution in [-0.2, 0) is 4.79 Å². The number of amides is 1. The summed E-state index contributed by atoms with van der Waals surface area (Å²) in [7, 11) is 0. The normalized spacial score (nSPS) is 11.7. The van der Waals surface area contributed by atoms with E-state index < -0.39 is 0 Å². The first-order valence-corrected chi connectivity index (χ1v) is 8.32. The lowest BCUT2D eigenvalue weighted by molar-refractivity contribution is -0.115. The Morgan fingerprint density at radius 2 is 1.50 bits per heavy atom. The molecule has 0 radical (unpaired) electrons. The molecule has 2 aromatic carbocycles. The molecule has 0 saturated heterocycles. The van der Waals surface area contributed by atoms with Crippen molar-refractivity contribution < 1.29 is 4.79 Å². The van der Waals surface area contributed by atoms with Crippen LogP contribution >= 0.6 is 15.9 Å². The SMILES string of the molecule is CCCCNC(=O)/C(=C(\Br)c1ccccc1)c1ccccc1. The summed E-state index contributed by atoms with van der Waals surface area (Å²) in [5, 5.41) is 3.01. The summed E-state index contributed by atoms with van der Waals surface area (Å²) in [5.74, 6) is -0.0459. The number of carbonyl (C=O) groups is 1. The molecule has 0 atom stereocenters. The van der Waals surface area contributed by atoms with Crippen molar-refractivity contribution in [1.29, 1.82) is 0 Å². The van der Waals surface area contributed by atoms with Gasteiger partial charge in [-0.1, -0.05) is 74.0 Å². The topological polar surface area (TPSA) is 29.1 Å². The quantitative estimate of drug-likeness (QED) is 0.446. The van der Waals surface area contributed by atoms with E-state index >= 15 is 0 Å². The highest BCUT2D eigenvalue weighted by Crippen LogP contribution is 2.31. The van der Waals surface area contributed by atoms with Crippen molar-refractivity contribution in [3.63, 3.8) is 0 Å². The summed E-state index contributed by atoms with van der Waals surface area (Å²) >= 11 is 3.62. The summed E-state index contributed by atoms with van der Waals surface area (Å²) in [6, 6.07) is 19.6. The van der Waals surface area contributed by atoms with E-state index in [0.29, 0.717) is 12.1 Å². The van der Waals surface area contributed by atoms with Crippen LogP contribution in [0.25, 0.3) is 10.1 Å². The molecule has 2 aromatic rings. The van der Waals surface area contributed by atoms with E-state index in [9.17, 15) is 4.79 Å². The summed E-state index contributed by atoms with van der Waals surface area (Å²) in [6.07, 6.45) is 2.04. The average molecular weight is 358 g/mol.